The van der Waals surface area contributed by atoms with Crippen molar-refractivity contribution in [2.24, 2.45) is 0 Å². The lowest BCUT2D eigenvalue weighted by molar-refractivity contribution is -0.122. The molecule has 0 radical (unpaired) electrons. The normalized spacial score (nSPS) is 24.3. The van der Waals surface area contributed by atoms with Gasteiger partial charge in [-0.25, -0.2) is 4.98 Å². The summed E-state index contributed by atoms with van der Waals surface area (Å²) in [6.07, 6.45) is 6.09. The van der Waals surface area contributed by atoms with E-state index in [0.717, 1.165) is 31.6 Å². The molecule has 2 rings (SSSR count). The van der Waals surface area contributed by atoms with Crippen molar-refractivity contribution < 1.29 is 9.90 Å². The van der Waals surface area contributed by atoms with Gasteiger partial charge in [-0.1, -0.05) is 0 Å². The van der Waals surface area contributed by atoms with Gasteiger partial charge in [0.05, 0.1) is 11.9 Å². The van der Waals surface area contributed by atoms with Crippen molar-refractivity contribution in [3.8, 4) is 0 Å². The van der Waals surface area contributed by atoms with Gasteiger partial charge < -0.3 is 15.4 Å². The lowest BCUT2D eigenvalue weighted by Gasteiger charge is -2.39. The van der Waals surface area contributed by atoms with Crippen molar-refractivity contribution in [2.75, 3.05) is 20.1 Å². The number of likely N-dealkylation sites (tertiary alicyclic amines) is 1. The van der Waals surface area contributed by atoms with Gasteiger partial charge in [-0.05, 0) is 25.8 Å². The van der Waals surface area contributed by atoms with Gasteiger partial charge in [0.2, 0.25) is 5.91 Å². The largest absolute Gasteiger partial charge is 0.389 e. The Bertz CT molecular complexity index is 407. The molecule has 6 heteroatoms. The summed E-state index contributed by atoms with van der Waals surface area (Å²) in [5.41, 5.74) is 0.306. The van der Waals surface area contributed by atoms with Crippen molar-refractivity contribution in [3.05, 3.63) is 18.2 Å². The van der Waals surface area contributed by atoms with Gasteiger partial charge in [-0.3, -0.25) is 9.69 Å². The molecule has 0 aliphatic carbocycles. The maximum atomic E-state index is 11.3. The molecule has 1 aliphatic heterocycles. The van der Waals surface area contributed by atoms with E-state index >= 15 is 0 Å². The number of hydrogen-bond donors (Lipinski definition) is 3. The molecule has 6 nitrogen and oxygen atoms in total. The monoisotopic (exact) mass is 266 g/mol. The number of aromatic amines is 1. The topological polar surface area (TPSA) is 81.2 Å². The number of nitrogens with zero attached hydrogens (tertiary/aromatic N) is 2. The minimum absolute atomic E-state index is 0.0147. The zero-order valence-electron chi connectivity index (χ0n) is 11.4. The lowest BCUT2D eigenvalue weighted by atomic mass is 9.88. The molecular formula is C13H22N4O2. The number of imidazole rings is 1. The van der Waals surface area contributed by atoms with Gasteiger partial charge in [0.25, 0.3) is 0 Å². The van der Waals surface area contributed by atoms with Crippen molar-refractivity contribution in [1.29, 1.82) is 0 Å². The van der Waals surface area contributed by atoms with Crippen molar-refractivity contribution in [1.82, 2.24) is 20.2 Å². The van der Waals surface area contributed by atoms with E-state index < -0.39 is 5.60 Å². The van der Waals surface area contributed by atoms with Crippen LogP contribution in [0.5, 0.6) is 0 Å². The minimum Gasteiger partial charge on any atom is -0.389 e. The van der Waals surface area contributed by atoms with E-state index in [9.17, 15) is 9.90 Å². The quantitative estimate of drug-likeness (QED) is 0.714. The number of nitrogens with one attached hydrogen (secondary N) is 2. The fourth-order valence-corrected chi connectivity index (χ4v) is 2.63. The summed E-state index contributed by atoms with van der Waals surface area (Å²) in [4.78, 5) is 20.6. The summed E-state index contributed by atoms with van der Waals surface area (Å²) in [5.74, 6) is -0.0147. The fourth-order valence-electron chi connectivity index (χ4n) is 2.63. The van der Waals surface area contributed by atoms with Crippen LogP contribution in [-0.2, 0) is 11.3 Å². The molecule has 1 aromatic rings. The van der Waals surface area contributed by atoms with Crippen molar-refractivity contribution in [2.45, 2.75) is 37.8 Å². The number of piperidine rings is 1. The molecule has 0 unspecified atom stereocenters. The highest BCUT2D eigenvalue weighted by molar-refractivity contribution is 5.75. The zero-order chi connectivity index (χ0) is 13.7. The van der Waals surface area contributed by atoms with Crippen molar-refractivity contribution >= 4 is 5.91 Å². The van der Waals surface area contributed by atoms with E-state index in [-0.39, 0.29) is 5.91 Å². The smallest absolute Gasteiger partial charge is 0.219 e. The van der Waals surface area contributed by atoms with Crippen LogP contribution in [-0.4, -0.2) is 51.6 Å². The number of carbonyl (C=O) groups excluding carboxylic acids is 1. The molecule has 1 aromatic heterocycles. The summed E-state index contributed by atoms with van der Waals surface area (Å²) >= 11 is 0. The molecule has 0 aromatic carbocycles. The van der Waals surface area contributed by atoms with E-state index in [2.05, 4.69) is 20.2 Å². The number of aromatic nitrogens is 2. The third-order valence-corrected chi connectivity index (χ3v) is 3.68. The fraction of sp³-hybridized carbons (Fsp3) is 0.692. The SMILES string of the molecule is CNC(=O)CC[C@@]1(O)CCCN(Cc2cnc[nH]2)C1. The minimum atomic E-state index is -0.745. The molecule has 1 amide bonds. The Morgan fingerprint density at radius 1 is 1.68 bits per heavy atom. The van der Waals surface area contributed by atoms with Crippen LogP contribution in [0.2, 0.25) is 0 Å². The summed E-state index contributed by atoms with van der Waals surface area (Å²) in [6, 6.07) is 0. The first-order chi connectivity index (χ1) is 9.11. The zero-order valence-corrected chi connectivity index (χ0v) is 11.4. The number of hydrogen-bond acceptors (Lipinski definition) is 4. The molecule has 1 fully saturated rings. The molecule has 1 saturated heterocycles. The predicted octanol–water partition coefficient (Wildman–Crippen LogP) is 0.263. The molecule has 19 heavy (non-hydrogen) atoms. The molecule has 106 valence electrons. The van der Waals surface area contributed by atoms with Gasteiger partial charge in [-0.2, -0.15) is 0 Å². The maximum Gasteiger partial charge on any atom is 0.219 e. The van der Waals surface area contributed by atoms with Gasteiger partial charge in [0.1, 0.15) is 0 Å². The number of β-amino-alcohol motifs (C(OH)–C–C–N with tert-alkyl or cyclic N) is 1. The van der Waals surface area contributed by atoms with Crippen LogP contribution in [0.15, 0.2) is 12.5 Å². The molecule has 1 aliphatic rings. The second kappa shape index (κ2) is 6.16. The standard InChI is InChI=1S/C13H22N4O2/c1-14-12(18)3-5-13(19)4-2-6-17(9-13)8-11-7-15-10-16-11/h7,10,19H,2-6,8-9H2,1H3,(H,14,18)(H,15,16)/t13-/m0/s1. The Hall–Kier alpha value is -1.40. The average molecular weight is 266 g/mol. The molecule has 0 bridgehead atoms. The number of rotatable bonds is 5. The highest BCUT2D eigenvalue weighted by Crippen LogP contribution is 2.26. The van der Waals surface area contributed by atoms with E-state index in [1.807, 2.05) is 0 Å². The summed E-state index contributed by atoms with van der Waals surface area (Å²) in [7, 11) is 1.62. The van der Waals surface area contributed by atoms with Crippen LogP contribution in [0.1, 0.15) is 31.4 Å². The highest BCUT2D eigenvalue weighted by Gasteiger charge is 2.33. The lowest BCUT2D eigenvalue weighted by Crippen LogP contribution is -2.48. The number of amides is 1. The summed E-state index contributed by atoms with van der Waals surface area (Å²) in [5, 5.41) is 13.2. The first kappa shape index (κ1) is 14.0. The van der Waals surface area contributed by atoms with E-state index in [4.69, 9.17) is 0 Å². The van der Waals surface area contributed by atoms with E-state index in [0.29, 0.717) is 19.4 Å². The Morgan fingerprint density at radius 3 is 3.21 bits per heavy atom. The molecule has 3 N–H and O–H groups in total. The third kappa shape index (κ3) is 4.04. The van der Waals surface area contributed by atoms with Crippen LogP contribution in [0.25, 0.3) is 0 Å². The molecule has 0 spiro atoms. The Kier molecular flexibility index (Phi) is 4.55. The highest BCUT2D eigenvalue weighted by atomic mass is 16.3. The maximum absolute atomic E-state index is 11.3. The first-order valence-corrected chi connectivity index (χ1v) is 6.74. The Labute approximate surface area is 113 Å². The van der Waals surface area contributed by atoms with E-state index in [1.54, 1.807) is 19.6 Å². The van der Waals surface area contributed by atoms with Crippen LogP contribution >= 0.6 is 0 Å². The molecule has 1 atom stereocenters. The Morgan fingerprint density at radius 2 is 2.53 bits per heavy atom. The average Bonchev–Trinajstić information content (AvgIpc) is 2.89. The van der Waals surface area contributed by atoms with Gasteiger partial charge in [0.15, 0.2) is 0 Å². The number of aliphatic hydroxyl groups is 1. The second-order valence-corrected chi connectivity index (χ2v) is 5.29. The predicted molar refractivity (Wildman–Crippen MR) is 71.3 cm³/mol. The van der Waals surface area contributed by atoms with Gasteiger partial charge >= 0.3 is 0 Å². The van der Waals surface area contributed by atoms with Crippen LogP contribution < -0.4 is 5.32 Å². The Balaban J connectivity index is 1.86. The first-order valence-electron chi connectivity index (χ1n) is 6.74. The number of carbonyl (C=O) groups is 1. The van der Waals surface area contributed by atoms with Crippen LogP contribution in [0.3, 0.4) is 0 Å². The van der Waals surface area contributed by atoms with Gasteiger partial charge in [0, 0.05) is 38.4 Å². The molecule has 0 saturated carbocycles. The van der Waals surface area contributed by atoms with E-state index in [1.165, 1.54) is 0 Å². The van der Waals surface area contributed by atoms with Crippen LogP contribution in [0.4, 0.5) is 0 Å². The second-order valence-electron chi connectivity index (χ2n) is 5.29. The molecular weight excluding hydrogens is 244 g/mol. The van der Waals surface area contributed by atoms with Gasteiger partial charge in [-0.15, -0.1) is 0 Å². The third-order valence-electron chi connectivity index (χ3n) is 3.68. The van der Waals surface area contributed by atoms with Crippen molar-refractivity contribution in [3.63, 3.8) is 0 Å². The summed E-state index contributed by atoms with van der Waals surface area (Å²) in [6.45, 7) is 2.35. The molecule has 2 heterocycles. The summed E-state index contributed by atoms with van der Waals surface area (Å²) < 4.78 is 0. The number of H-pyrrole nitrogens is 1. The van der Waals surface area contributed by atoms with Crippen LogP contribution in [0, 0.1) is 0 Å².